The van der Waals surface area contributed by atoms with Crippen molar-refractivity contribution < 1.29 is 10.2 Å². The highest BCUT2D eigenvalue weighted by Gasteiger charge is 2.59. The molecule has 124 valence electrons. The van der Waals surface area contributed by atoms with Crippen molar-refractivity contribution in [1.29, 1.82) is 0 Å². The quantitative estimate of drug-likeness (QED) is 0.669. The van der Waals surface area contributed by atoms with Crippen LogP contribution in [0, 0.1) is 40.9 Å². The SMILES string of the molecule is C[C@@H]1CC2=CC(O)CC[C@@H]2C2C1C1CC[C@H](O)[C@@]1(C)C[C@@H]2C. The summed E-state index contributed by atoms with van der Waals surface area (Å²) < 4.78 is 0. The Kier molecular flexibility index (Phi) is 3.51. The van der Waals surface area contributed by atoms with Crippen LogP contribution >= 0.6 is 0 Å². The van der Waals surface area contributed by atoms with E-state index in [4.69, 9.17) is 0 Å². The summed E-state index contributed by atoms with van der Waals surface area (Å²) in [6.07, 6.45) is 8.63. The molecule has 0 aromatic rings. The van der Waals surface area contributed by atoms with Crippen LogP contribution in [0.4, 0.5) is 0 Å². The van der Waals surface area contributed by atoms with Crippen molar-refractivity contribution in [2.45, 2.75) is 71.5 Å². The lowest BCUT2D eigenvalue weighted by Gasteiger charge is -2.58. The van der Waals surface area contributed by atoms with Gasteiger partial charge in [0.1, 0.15) is 0 Å². The lowest BCUT2D eigenvalue weighted by molar-refractivity contribution is -0.0990. The highest BCUT2D eigenvalue weighted by molar-refractivity contribution is 5.22. The third-order valence-electron chi connectivity index (χ3n) is 8.02. The molecule has 0 aliphatic heterocycles. The van der Waals surface area contributed by atoms with Crippen molar-refractivity contribution >= 4 is 0 Å². The molecule has 2 heteroatoms. The topological polar surface area (TPSA) is 40.5 Å². The number of fused-ring (bicyclic) bond motifs is 5. The summed E-state index contributed by atoms with van der Waals surface area (Å²) in [4.78, 5) is 0. The number of rotatable bonds is 0. The summed E-state index contributed by atoms with van der Waals surface area (Å²) in [7, 11) is 0. The monoisotopic (exact) mass is 304 g/mol. The van der Waals surface area contributed by atoms with Gasteiger partial charge in [0, 0.05) is 0 Å². The van der Waals surface area contributed by atoms with Crippen LogP contribution in [-0.4, -0.2) is 22.4 Å². The molecule has 3 fully saturated rings. The first-order chi connectivity index (χ1) is 10.4. The normalized spacial score (nSPS) is 57.6. The molecule has 22 heavy (non-hydrogen) atoms. The number of aliphatic hydroxyl groups is 2. The van der Waals surface area contributed by atoms with E-state index in [1.54, 1.807) is 5.57 Å². The van der Waals surface area contributed by atoms with Gasteiger partial charge in [-0.05, 0) is 79.4 Å². The minimum absolute atomic E-state index is 0.0850. The number of allylic oxidation sites excluding steroid dienone is 1. The van der Waals surface area contributed by atoms with E-state index in [1.165, 1.54) is 25.7 Å². The predicted octanol–water partition coefficient (Wildman–Crippen LogP) is 3.77. The molecule has 4 rings (SSSR count). The van der Waals surface area contributed by atoms with Gasteiger partial charge >= 0.3 is 0 Å². The lowest BCUT2D eigenvalue weighted by atomic mass is 9.47. The van der Waals surface area contributed by atoms with E-state index in [-0.39, 0.29) is 17.6 Å². The lowest BCUT2D eigenvalue weighted by Crippen LogP contribution is -2.53. The molecule has 0 bridgehead atoms. The van der Waals surface area contributed by atoms with Crippen LogP contribution in [0.5, 0.6) is 0 Å². The minimum atomic E-state index is -0.201. The fourth-order valence-corrected chi connectivity index (χ4v) is 7.24. The fraction of sp³-hybridized carbons (Fsp3) is 0.900. The summed E-state index contributed by atoms with van der Waals surface area (Å²) >= 11 is 0. The van der Waals surface area contributed by atoms with Gasteiger partial charge in [0.05, 0.1) is 12.2 Å². The second kappa shape index (κ2) is 5.08. The van der Waals surface area contributed by atoms with E-state index in [0.717, 1.165) is 24.7 Å². The number of hydrogen-bond donors (Lipinski definition) is 2. The van der Waals surface area contributed by atoms with Gasteiger partial charge in [-0.2, -0.15) is 0 Å². The molecule has 0 radical (unpaired) electrons. The molecule has 9 atom stereocenters. The first-order valence-corrected chi connectivity index (χ1v) is 9.48. The average Bonchev–Trinajstić information content (AvgIpc) is 2.74. The first-order valence-electron chi connectivity index (χ1n) is 9.48. The van der Waals surface area contributed by atoms with E-state index in [1.807, 2.05) is 0 Å². The van der Waals surface area contributed by atoms with Gasteiger partial charge < -0.3 is 10.2 Å². The van der Waals surface area contributed by atoms with Crippen LogP contribution in [0.3, 0.4) is 0 Å². The van der Waals surface area contributed by atoms with Gasteiger partial charge in [-0.15, -0.1) is 0 Å². The molecule has 4 unspecified atom stereocenters. The van der Waals surface area contributed by atoms with E-state index in [9.17, 15) is 10.2 Å². The molecule has 0 heterocycles. The van der Waals surface area contributed by atoms with Crippen LogP contribution in [0.1, 0.15) is 59.3 Å². The Morgan fingerprint density at radius 2 is 1.77 bits per heavy atom. The molecular formula is C20H32O2. The van der Waals surface area contributed by atoms with Crippen molar-refractivity contribution in [3.05, 3.63) is 11.6 Å². The number of hydrogen-bond acceptors (Lipinski definition) is 2. The van der Waals surface area contributed by atoms with Gasteiger partial charge in [0.25, 0.3) is 0 Å². The van der Waals surface area contributed by atoms with Gasteiger partial charge in [0.15, 0.2) is 0 Å². The zero-order valence-corrected chi connectivity index (χ0v) is 14.3. The highest BCUT2D eigenvalue weighted by atomic mass is 16.3. The average molecular weight is 304 g/mol. The maximum atomic E-state index is 10.6. The second-order valence-electron chi connectivity index (χ2n) is 9.22. The van der Waals surface area contributed by atoms with Crippen molar-refractivity contribution in [3.63, 3.8) is 0 Å². The third kappa shape index (κ3) is 1.99. The summed E-state index contributed by atoms with van der Waals surface area (Å²) in [6.45, 7) is 7.23. The van der Waals surface area contributed by atoms with E-state index in [2.05, 4.69) is 26.8 Å². The van der Waals surface area contributed by atoms with E-state index >= 15 is 0 Å². The zero-order chi connectivity index (χ0) is 15.6. The fourth-order valence-electron chi connectivity index (χ4n) is 7.24. The molecule has 3 saturated carbocycles. The van der Waals surface area contributed by atoms with Crippen molar-refractivity contribution in [1.82, 2.24) is 0 Å². The Morgan fingerprint density at radius 3 is 2.55 bits per heavy atom. The van der Waals surface area contributed by atoms with Crippen LogP contribution in [0.15, 0.2) is 11.6 Å². The molecule has 0 spiro atoms. The molecular weight excluding hydrogens is 272 g/mol. The molecule has 2 N–H and O–H groups in total. The Bertz CT molecular complexity index is 484. The maximum absolute atomic E-state index is 10.6. The Balaban J connectivity index is 1.71. The molecule has 0 aromatic carbocycles. The summed E-state index contributed by atoms with van der Waals surface area (Å²) in [5, 5.41) is 20.6. The van der Waals surface area contributed by atoms with Gasteiger partial charge in [-0.25, -0.2) is 0 Å². The minimum Gasteiger partial charge on any atom is -0.393 e. The van der Waals surface area contributed by atoms with E-state index < -0.39 is 0 Å². The van der Waals surface area contributed by atoms with Crippen LogP contribution in [-0.2, 0) is 0 Å². The highest BCUT2D eigenvalue weighted by Crippen LogP contribution is 2.64. The standard InChI is InChI=1S/C20H32O2/c1-11-8-13-9-14(21)4-5-15(13)18-12(2)10-20(3)16(19(11)18)6-7-17(20)22/h9,11-12,14-19,21-22H,4-8,10H2,1-3H3/t11-,12+,14?,15+,16?,17+,18?,19?,20+/m1/s1. The van der Waals surface area contributed by atoms with Crippen LogP contribution in [0.2, 0.25) is 0 Å². The second-order valence-corrected chi connectivity index (χ2v) is 9.22. The molecule has 0 saturated heterocycles. The summed E-state index contributed by atoms with van der Waals surface area (Å²) in [5.41, 5.74) is 1.71. The van der Waals surface area contributed by atoms with Gasteiger partial charge in [-0.1, -0.05) is 32.4 Å². The van der Waals surface area contributed by atoms with Crippen molar-refractivity contribution in [2.75, 3.05) is 0 Å². The Hall–Kier alpha value is -0.340. The van der Waals surface area contributed by atoms with Crippen molar-refractivity contribution in [3.8, 4) is 0 Å². The molecule has 2 nitrogen and oxygen atoms in total. The Labute approximate surface area is 135 Å². The van der Waals surface area contributed by atoms with Gasteiger partial charge in [-0.3, -0.25) is 0 Å². The Morgan fingerprint density at radius 1 is 1.00 bits per heavy atom. The van der Waals surface area contributed by atoms with Gasteiger partial charge in [0.2, 0.25) is 0 Å². The maximum Gasteiger partial charge on any atom is 0.0723 e. The smallest absolute Gasteiger partial charge is 0.0723 e. The number of aliphatic hydroxyl groups excluding tert-OH is 2. The summed E-state index contributed by atoms with van der Waals surface area (Å²) in [6, 6.07) is 0. The summed E-state index contributed by atoms with van der Waals surface area (Å²) in [5.74, 6) is 4.39. The zero-order valence-electron chi connectivity index (χ0n) is 14.3. The first kappa shape index (κ1) is 15.2. The largest absolute Gasteiger partial charge is 0.393 e. The van der Waals surface area contributed by atoms with Crippen LogP contribution in [0.25, 0.3) is 0 Å². The predicted molar refractivity (Wildman–Crippen MR) is 88.2 cm³/mol. The van der Waals surface area contributed by atoms with Crippen LogP contribution < -0.4 is 0 Å². The van der Waals surface area contributed by atoms with E-state index in [0.29, 0.717) is 23.7 Å². The molecule has 0 amide bonds. The molecule has 0 aromatic heterocycles. The third-order valence-corrected chi connectivity index (χ3v) is 8.02. The molecule has 4 aliphatic rings. The molecule has 4 aliphatic carbocycles. The van der Waals surface area contributed by atoms with Crippen molar-refractivity contribution in [2.24, 2.45) is 40.9 Å².